The van der Waals surface area contributed by atoms with Gasteiger partial charge in [0, 0.05) is 25.7 Å². The van der Waals surface area contributed by atoms with Crippen molar-refractivity contribution in [3.8, 4) is 0 Å². The maximum absolute atomic E-state index is 12.0. The van der Waals surface area contributed by atoms with E-state index in [1.807, 2.05) is 39.0 Å². The Hall–Kier alpha value is -1.40. The molecular weight excluding hydrogens is 300 g/mol. The lowest BCUT2D eigenvalue weighted by Gasteiger charge is -2.26. The standard InChI is InChI=1S/C16H26N2O3S/c1-5-12-22(20,21)17-10-11-18(14(4)19)16-13(3)8-7-9-15(16)6-2/h7-9,17H,5-6,10-12H2,1-4H3. The van der Waals surface area contributed by atoms with E-state index in [1.54, 1.807) is 4.90 Å². The molecule has 0 bridgehead atoms. The lowest BCUT2D eigenvalue weighted by molar-refractivity contribution is -0.116. The molecule has 0 fully saturated rings. The fourth-order valence-corrected chi connectivity index (χ4v) is 3.56. The monoisotopic (exact) mass is 326 g/mol. The average molecular weight is 326 g/mol. The SMILES string of the molecule is CCCS(=O)(=O)NCCN(C(C)=O)c1c(C)cccc1CC. The van der Waals surface area contributed by atoms with Gasteiger partial charge in [0.2, 0.25) is 15.9 Å². The molecule has 0 aliphatic rings. The van der Waals surface area contributed by atoms with Crippen molar-refractivity contribution in [2.75, 3.05) is 23.7 Å². The van der Waals surface area contributed by atoms with E-state index >= 15 is 0 Å². The molecule has 0 aliphatic carbocycles. The molecule has 6 heteroatoms. The van der Waals surface area contributed by atoms with Crippen LogP contribution in [0.3, 0.4) is 0 Å². The van der Waals surface area contributed by atoms with Gasteiger partial charge < -0.3 is 4.90 Å². The highest BCUT2D eigenvalue weighted by atomic mass is 32.2. The smallest absolute Gasteiger partial charge is 0.223 e. The molecular formula is C16H26N2O3S. The zero-order chi connectivity index (χ0) is 16.8. The third-order valence-corrected chi connectivity index (χ3v) is 5.07. The molecule has 0 aliphatic heterocycles. The Kier molecular flexibility index (Phi) is 7.03. The van der Waals surface area contributed by atoms with Crippen molar-refractivity contribution in [1.29, 1.82) is 0 Å². The molecule has 0 spiro atoms. The minimum Gasteiger partial charge on any atom is -0.311 e. The number of para-hydroxylation sites is 1. The summed E-state index contributed by atoms with van der Waals surface area (Å²) in [7, 11) is -3.25. The second-order valence-electron chi connectivity index (χ2n) is 5.32. The third kappa shape index (κ3) is 5.10. The van der Waals surface area contributed by atoms with Crippen LogP contribution in [0.5, 0.6) is 0 Å². The van der Waals surface area contributed by atoms with Gasteiger partial charge in [-0.3, -0.25) is 4.79 Å². The van der Waals surface area contributed by atoms with Crippen molar-refractivity contribution >= 4 is 21.6 Å². The summed E-state index contributed by atoms with van der Waals surface area (Å²) in [6.45, 7) is 7.89. The number of benzene rings is 1. The highest BCUT2D eigenvalue weighted by Crippen LogP contribution is 2.25. The molecule has 0 unspecified atom stereocenters. The van der Waals surface area contributed by atoms with Crippen LogP contribution >= 0.6 is 0 Å². The molecule has 1 aromatic rings. The zero-order valence-electron chi connectivity index (χ0n) is 13.8. The molecule has 0 saturated carbocycles. The van der Waals surface area contributed by atoms with E-state index in [9.17, 15) is 13.2 Å². The van der Waals surface area contributed by atoms with Crippen molar-refractivity contribution in [2.45, 2.75) is 40.5 Å². The minimum absolute atomic E-state index is 0.0845. The van der Waals surface area contributed by atoms with Gasteiger partial charge in [-0.05, 0) is 30.9 Å². The number of carbonyl (C=O) groups excluding carboxylic acids is 1. The van der Waals surface area contributed by atoms with Gasteiger partial charge in [-0.15, -0.1) is 0 Å². The van der Waals surface area contributed by atoms with Crippen LogP contribution in [0.4, 0.5) is 5.69 Å². The summed E-state index contributed by atoms with van der Waals surface area (Å²) in [6, 6.07) is 5.94. The summed E-state index contributed by atoms with van der Waals surface area (Å²) in [5.41, 5.74) is 3.00. The second-order valence-corrected chi connectivity index (χ2v) is 7.25. The number of rotatable bonds is 8. The summed E-state index contributed by atoms with van der Waals surface area (Å²) < 4.78 is 25.9. The molecule has 1 aromatic carbocycles. The molecule has 0 atom stereocenters. The number of sulfonamides is 1. The van der Waals surface area contributed by atoms with E-state index in [0.717, 1.165) is 23.2 Å². The molecule has 0 saturated heterocycles. The van der Waals surface area contributed by atoms with Crippen molar-refractivity contribution in [3.63, 3.8) is 0 Å². The van der Waals surface area contributed by atoms with E-state index in [0.29, 0.717) is 13.0 Å². The van der Waals surface area contributed by atoms with Crippen LogP contribution < -0.4 is 9.62 Å². The van der Waals surface area contributed by atoms with Gasteiger partial charge in [0.25, 0.3) is 0 Å². The molecule has 5 nitrogen and oxygen atoms in total. The predicted molar refractivity (Wildman–Crippen MR) is 90.7 cm³/mol. The predicted octanol–water partition coefficient (Wildman–Crippen LogP) is 2.24. The highest BCUT2D eigenvalue weighted by molar-refractivity contribution is 7.89. The molecule has 0 aromatic heterocycles. The number of anilines is 1. The van der Waals surface area contributed by atoms with E-state index in [-0.39, 0.29) is 18.2 Å². The lowest BCUT2D eigenvalue weighted by Crippen LogP contribution is -2.39. The number of aryl methyl sites for hydroxylation is 2. The number of nitrogens with one attached hydrogen (secondary N) is 1. The van der Waals surface area contributed by atoms with Crippen molar-refractivity contribution in [1.82, 2.24) is 4.72 Å². The number of nitrogens with zero attached hydrogens (tertiary/aromatic N) is 1. The summed E-state index contributed by atoms with van der Waals surface area (Å²) in [5.74, 6) is 0.0242. The molecule has 1 rings (SSSR count). The minimum atomic E-state index is -3.25. The van der Waals surface area contributed by atoms with Gasteiger partial charge in [0.15, 0.2) is 0 Å². The number of hydrogen-bond acceptors (Lipinski definition) is 3. The van der Waals surface area contributed by atoms with Gasteiger partial charge in [0.05, 0.1) is 5.75 Å². The molecule has 0 heterocycles. The van der Waals surface area contributed by atoms with Gasteiger partial charge >= 0.3 is 0 Å². The van der Waals surface area contributed by atoms with Gasteiger partial charge in [-0.2, -0.15) is 0 Å². The third-order valence-electron chi connectivity index (χ3n) is 3.48. The molecule has 0 radical (unpaired) electrons. The van der Waals surface area contributed by atoms with Crippen LogP contribution in [-0.4, -0.2) is 33.2 Å². The number of carbonyl (C=O) groups is 1. The first-order chi connectivity index (χ1) is 10.3. The van der Waals surface area contributed by atoms with Crippen LogP contribution in [0, 0.1) is 6.92 Å². The van der Waals surface area contributed by atoms with Crippen LogP contribution in [0.15, 0.2) is 18.2 Å². The summed E-state index contributed by atoms with van der Waals surface area (Å²) in [6.07, 6.45) is 1.39. The number of amides is 1. The Morgan fingerprint density at radius 3 is 2.50 bits per heavy atom. The van der Waals surface area contributed by atoms with Gasteiger partial charge in [-0.25, -0.2) is 13.1 Å². The van der Waals surface area contributed by atoms with E-state index in [4.69, 9.17) is 0 Å². The Morgan fingerprint density at radius 1 is 1.27 bits per heavy atom. The van der Waals surface area contributed by atoms with Crippen LogP contribution in [0.1, 0.15) is 38.3 Å². The quantitative estimate of drug-likeness (QED) is 0.797. The average Bonchev–Trinajstić information content (AvgIpc) is 2.43. The molecule has 22 heavy (non-hydrogen) atoms. The molecule has 1 amide bonds. The van der Waals surface area contributed by atoms with E-state index in [2.05, 4.69) is 4.72 Å². The zero-order valence-corrected chi connectivity index (χ0v) is 14.7. The normalized spacial score (nSPS) is 11.5. The fourth-order valence-electron chi connectivity index (χ4n) is 2.47. The van der Waals surface area contributed by atoms with Crippen molar-refractivity contribution in [2.24, 2.45) is 0 Å². The van der Waals surface area contributed by atoms with Crippen LogP contribution in [0.2, 0.25) is 0 Å². The van der Waals surface area contributed by atoms with Crippen LogP contribution in [-0.2, 0) is 21.2 Å². The second kappa shape index (κ2) is 8.29. The maximum Gasteiger partial charge on any atom is 0.223 e. The highest BCUT2D eigenvalue weighted by Gasteiger charge is 2.17. The lowest BCUT2D eigenvalue weighted by atomic mass is 10.0. The molecule has 124 valence electrons. The van der Waals surface area contributed by atoms with Gasteiger partial charge in [-0.1, -0.05) is 32.0 Å². The fraction of sp³-hybridized carbons (Fsp3) is 0.562. The van der Waals surface area contributed by atoms with E-state index in [1.165, 1.54) is 6.92 Å². The maximum atomic E-state index is 12.0. The first-order valence-corrected chi connectivity index (χ1v) is 9.31. The molecule has 1 N–H and O–H groups in total. The van der Waals surface area contributed by atoms with Crippen molar-refractivity contribution < 1.29 is 13.2 Å². The summed E-state index contributed by atoms with van der Waals surface area (Å²) in [4.78, 5) is 13.7. The van der Waals surface area contributed by atoms with Gasteiger partial charge in [0.1, 0.15) is 0 Å². The largest absolute Gasteiger partial charge is 0.311 e. The number of hydrogen-bond donors (Lipinski definition) is 1. The Labute approximate surface area is 133 Å². The topological polar surface area (TPSA) is 66.5 Å². The first kappa shape index (κ1) is 18.6. The van der Waals surface area contributed by atoms with Crippen molar-refractivity contribution in [3.05, 3.63) is 29.3 Å². The summed E-state index contributed by atoms with van der Waals surface area (Å²) in [5, 5.41) is 0. The first-order valence-electron chi connectivity index (χ1n) is 7.66. The van der Waals surface area contributed by atoms with E-state index < -0.39 is 10.0 Å². The Morgan fingerprint density at radius 2 is 1.95 bits per heavy atom. The summed E-state index contributed by atoms with van der Waals surface area (Å²) >= 11 is 0. The Bertz CT molecular complexity index is 612. The Balaban J connectivity index is 2.91. The van der Waals surface area contributed by atoms with Crippen LogP contribution in [0.25, 0.3) is 0 Å².